The number of carbonyl (C=O) groups is 1. The number of carbonyl (C=O) groups excluding carboxylic acids is 1. The molecule has 154 valence electrons. The van der Waals surface area contributed by atoms with Crippen molar-refractivity contribution < 1.29 is 14.3 Å². The van der Waals surface area contributed by atoms with Gasteiger partial charge in [-0.1, -0.05) is 12.1 Å². The molecule has 0 saturated carbocycles. The number of benzene rings is 2. The number of halogens is 1. The minimum absolute atomic E-state index is 0.289. The number of ether oxygens (including phenoxy) is 2. The van der Waals surface area contributed by atoms with E-state index < -0.39 is 5.97 Å². The zero-order valence-corrected chi connectivity index (χ0v) is 18.1. The number of hydrogen-bond donors (Lipinski definition) is 1. The van der Waals surface area contributed by atoms with Crippen molar-refractivity contribution in [3.63, 3.8) is 0 Å². The quantitative estimate of drug-likeness (QED) is 0.500. The predicted octanol–water partition coefficient (Wildman–Crippen LogP) is 5.16. The molecule has 3 aromatic rings. The summed E-state index contributed by atoms with van der Waals surface area (Å²) in [6.07, 6.45) is 4.09. The highest BCUT2D eigenvalue weighted by Crippen LogP contribution is 2.31. The first kappa shape index (κ1) is 20.2. The second-order valence-corrected chi connectivity index (χ2v) is 7.66. The Kier molecular flexibility index (Phi) is 6.13. The Balaban J connectivity index is 1.52. The molecular formula is C22H21BrN4O3. The average molecular weight is 469 g/mol. The van der Waals surface area contributed by atoms with Gasteiger partial charge in [0.1, 0.15) is 11.3 Å². The zero-order chi connectivity index (χ0) is 20.9. The van der Waals surface area contributed by atoms with E-state index in [4.69, 9.17) is 9.47 Å². The van der Waals surface area contributed by atoms with Crippen LogP contribution in [0.1, 0.15) is 23.2 Å². The molecule has 30 heavy (non-hydrogen) atoms. The van der Waals surface area contributed by atoms with Gasteiger partial charge in [-0.15, -0.1) is 0 Å². The van der Waals surface area contributed by atoms with Crippen molar-refractivity contribution in [3.05, 3.63) is 64.8 Å². The van der Waals surface area contributed by atoms with E-state index in [0.717, 1.165) is 18.8 Å². The summed E-state index contributed by atoms with van der Waals surface area (Å²) in [5.74, 6) is 0.548. The van der Waals surface area contributed by atoms with Crippen molar-refractivity contribution >= 4 is 39.2 Å². The molecule has 1 saturated heterocycles. The summed E-state index contributed by atoms with van der Waals surface area (Å²) < 4.78 is 11.3. The molecule has 2 aromatic carbocycles. The number of anilines is 3. The largest absolute Gasteiger partial charge is 0.465 e. The zero-order valence-electron chi connectivity index (χ0n) is 16.5. The van der Waals surface area contributed by atoms with Gasteiger partial charge in [-0.3, -0.25) is 0 Å². The van der Waals surface area contributed by atoms with E-state index in [2.05, 4.69) is 48.2 Å². The van der Waals surface area contributed by atoms with Gasteiger partial charge in [0.2, 0.25) is 11.8 Å². The van der Waals surface area contributed by atoms with Crippen LogP contribution in [0.25, 0.3) is 0 Å². The predicted molar refractivity (Wildman–Crippen MR) is 119 cm³/mol. The van der Waals surface area contributed by atoms with Crippen LogP contribution in [0.4, 0.5) is 17.3 Å². The highest BCUT2D eigenvalue weighted by Gasteiger charge is 2.16. The van der Waals surface area contributed by atoms with Crippen LogP contribution in [0.5, 0.6) is 11.6 Å². The first-order valence-corrected chi connectivity index (χ1v) is 10.4. The maximum absolute atomic E-state index is 12.0. The van der Waals surface area contributed by atoms with Crippen molar-refractivity contribution in [2.75, 3.05) is 30.4 Å². The van der Waals surface area contributed by atoms with Crippen LogP contribution in [-0.2, 0) is 4.74 Å². The molecular weight excluding hydrogens is 448 g/mol. The van der Waals surface area contributed by atoms with Gasteiger partial charge in [-0.25, -0.2) is 9.78 Å². The van der Waals surface area contributed by atoms with Gasteiger partial charge in [0.25, 0.3) is 0 Å². The third kappa shape index (κ3) is 4.54. The fraction of sp³-hybridized carbons (Fsp3) is 0.227. The number of methoxy groups -OCH3 is 1. The standard InChI is InChI=1S/C22H21BrN4O3/c1-29-21(28)17-6-2-3-7-19(17)30-20-18(23)14-24-22(26-20)25-15-8-10-16(11-9-15)27-12-4-5-13-27/h2-3,6-11,14H,4-5,12-13H2,1H3,(H,24,25,26). The first-order valence-electron chi connectivity index (χ1n) is 9.64. The van der Waals surface area contributed by atoms with Gasteiger partial charge >= 0.3 is 5.97 Å². The van der Waals surface area contributed by atoms with Crippen molar-refractivity contribution in [1.82, 2.24) is 9.97 Å². The second-order valence-electron chi connectivity index (χ2n) is 6.80. The van der Waals surface area contributed by atoms with E-state index in [1.165, 1.54) is 25.6 Å². The second kappa shape index (κ2) is 9.13. The maximum Gasteiger partial charge on any atom is 0.341 e. The van der Waals surface area contributed by atoms with E-state index in [1.54, 1.807) is 30.5 Å². The molecule has 0 radical (unpaired) electrons. The summed E-state index contributed by atoms with van der Waals surface area (Å²) in [5.41, 5.74) is 2.41. The topological polar surface area (TPSA) is 76.6 Å². The molecule has 8 heteroatoms. The van der Waals surface area contributed by atoms with Crippen LogP contribution in [-0.4, -0.2) is 36.1 Å². The van der Waals surface area contributed by atoms with Crippen molar-refractivity contribution in [1.29, 1.82) is 0 Å². The molecule has 1 aliphatic rings. The number of rotatable bonds is 6. The summed E-state index contributed by atoms with van der Waals surface area (Å²) in [4.78, 5) is 23.1. The lowest BCUT2D eigenvalue weighted by molar-refractivity contribution is 0.0598. The third-order valence-electron chi connectivity index (χ3n) is 4.81. The number of nitrogens with zero attached hydrogens (tertiary/aromatic N) is 3. The molecule has 0 unspecified atom stereocenters. The van der Waals surface area contributed by atoms with Gasteiger partial charge in [-0.05, 0) is 65.2 Å². The lowest BCUT2D eigenvalue weighted by atomic mass is 10.2. The summed E-state index contributed by atoms with van der Waals surface area (Å²) >= 11 is 3.40. The summed E-state index contributed by atoms with van der Waals surface area (Å²) in [5, 5.41) is 3.19. The van der Waals surface area contributed by atoms with Crippen LogP contribution in [0.3, 0.4) is 0 Å². The Labute approximate surface area is 183 Å². The van der Waals surface area contributed by atoms with Gasteiger partial charge in [0, 0.05) is 24.5 Å². The van der Waals surface area contributed by atoms with Crippen molar-refractivity contribution in [3.8, 4) is 11.6 Å². The molecule has 4 rings (SSSR count). The first-order chi connectivity index (χ1) is 14.6. The van der Waals surface area contributed by atoms with Gasteiger partial charge in [0.05, 0.1) is 17.8 Å². The van der Waals surface area contributed by atoms with Crippen molar-refractivity contribution in [2.24, 2.45) is 0 Å². The Morgan fingerprint density at radius 3 is 2.57 bits per heavy atom. The van der Waals surface area contributed by atoms with Gasteiger partial charge in [-0.2, -0.15) is 4.98 Å². The number of hydrogen-bond acceptors (Lipinski definition) is 7. The molecule has 7 nitrogen and oxygen atoms in total. The Hall–Kier alpha value is -3.13. The monoisotopic (exact) mass is 468 g/mol. The molecule has 2 heterocycles. The minimum Gasteiger partial charge on any atom is -0.465 e. The normalized spacial score (nSPS) is 13.2. The summed E-state index contributed by atoms with van der Waals surface area (Å²) in [6, 6.07) is 15.0. The molecule has 0 bridgehead atoms. The Morgan fingerprint density at radius 1 is 1.10 bits per heavy atom. The lowest BCUT2D eigenvalue weighted by Crippen LogP contribution is -2.17. The third-order valence-corrected chi connectivity index (χ3v) is 5.35. The van der Waals surface area contributed by atoms with Crippen LogP contribution in [0.15, 0.2) is 59.2 Å². The highest BCUT2D eigenvalue weighted by atomic mass is 79.9. The molecule has 1 fully saturated rings. The van der Waals surface area contributed by atoms with E-state index >= 15 is 0 Å². The van der Waals surface area contributed by atoms with E-state index in [1.807, 2.05) is 12.1 Å². The summed E-state index contributed by atoms with van der Waals surface area (Å²) in [6.45, 7) is 2.21. The van der Waals surface area contributed by atoms with E-state index in [-0.39, 0.29) is 5.88 Å². The Morgan fingerprint density at radius 2 is 1.83 bits per heavy atom. The molecule has 0 aliphatic carbocycles. The fourth-order valence-electron chi connectivity index (χ4n) is 3.28. The van der Waals surface area contributed by atoms with Crippen LogP contribution in [0, 0.1) is 0 Å². The van der Waals surface area contributed by atoms with Crippen LogP contribution >= 0.6 is 15.9 Å². The Bertz CT molecular complexity index is 1040. The average Bonchev–Trinajstić information content (AvgIpc) is 3.31. The minimum atomic E-state index is -0.479. The van der Waals surface area contributed by atoms with E-state index in [0.29, 0.717) is 21.7 Å². The summed E-state index contributed by atoms with van der Waals surface area (Å²) in [7, 11) is 1.33. The smallest absolute Gasteiger partial charge is 0.341 e. The molecule has 0 amide bonds. The van der Waals surface area contributed by atoms with Gasteiger partial charge in [0.15, 0.2) is 0 Å². The number of esters is 1. The van der Waals surface area contributed by atoms with Crippen LogP contribution in [0.2, 0.25) is 0 Å². The van der Waals surface area contributed by atoms with E-state index in [9.17, 15) is 4.79 Å². The molecule has 1 aromatic heterocycles. The molecule has 0 atom stereocenters. The van der Waals surface area contributed by atoms with Crippen molar-refractivity contribution in [2.45, 2.75) is 12.8 Å². The fourth-order valence-corrected chi connectivity index (χ4v) is 3.55. The lowest BCUT2D eigenvalue weighted by Gasteiger charge is -2.17. The molecule has 1 aliphatic heterocycles. The number of para-hydroxylation sites is 1. The SMILES string of the molecule is COC(=O)c1ccccc1Oc1nc(Nc2ccc(N3CCCC3)cc2)ncc1Br. The maximum atomic E-state index is 12.0. The van der Waals surface area contributed by atoms with Crippen LogP contribution < -0.4 is 15.0 Å². The number of nitrogens with one attached hydrogen (secondary N) is 1. The molecule has 0 spiro atoms. The molecule has 1 N–H and O–H groups in total. The van der Waals surface area contributed by atoms with Gasteiger partial charge < -0.3 is 19.7 Å². The highest BCUT2D eigenvalue weighted by molar-refractivity contribution is 9.10. The number of aromatic nitrogens is 2.